The van der Waals surface area contributed by atoms with Crippen molar-refractivity contribution in [2.24, 2.45) is 0 Å². The van der Waals surface area contributed by atoms with Crippen molar-refractivity contribution in [2.75, 3.05) is 6.73 Å². The molecule has 2 heteroatoms. The third kappa shape index (κ3) is 5.47. The molecule has 0 fully saturated rings. The van der Waals surface area contributed by atoms with Gasteiger partial charge in [0, 0.05) is 13.1 Å². The minimum Gasteiger partial charge on any atom is -0.478 e. The molecule has 0 bridgehead atoms. The Kier molecular flexibility index (Phi) is 5.86. The van der Waals surface area contributed by atoms with Gasteiger partial charge in [-0.2, -0.15) is 0 Å². The fraction of sp³-hybridized carbons (Fsp3) is 0.217. The molecule has 2 nitrogen and oxygen atoms in total. The molecule has 0 saturated heterocycles. The predicted octanol–water partition coefficient (Wildman–Crippen LogP) is 5.34. The summed E-state index contributed by atoms with van der Waals surface area (Å²) in [5, 5.41) is 0. The fourth-order valence-corrected chi connectivity index (χ4v) is 2.73. The smallest absolute Gasteiger partial charge is 0.142 e. The van der Waals surface area contributed by atoms with E-state index in [0.717, 1.165) is 18.8 Å². The Morgan fingerprint density at radius 3 is 1.60 bits per heavy atom. The first-order valence-electron chi connectivity index (χ1n) is 8.70. The molecule has 0 atom stereocenters. The normalized spacial score (nSPS) is 10.8. The first kappa shape index (κ1) is 17.2. The van der Waals surface area contributed by atoms with Crippen LogP contribution in [0, 0.1) is 13.8 Å². The van der Waals surface area contributed by atoms with Crippen molar-refractivity contribution in [3.63, 3.8) is 0 Å². The summed E-state index contributed by atoms with van der Waals surface area (Å²) in [5.41, 5.74) is 5.17. The Bertz CT molecular complexity index is 716. The molecule has 0 aliphatic carbocycles. The monoisotopic (exact) mass is 331 g/mol. The van der Waals surface area contributed by atoms with Crippen LogP contribution in [-0.4, -0.2) is 11.6 Å². The van der Waals surface area contributed by atoms with Crippen LogP contribution in [0.3, 0.4) is 0 Å². The molecular weight excluding hydrogens is 306 g/mol. The maximum absolute atomic E-state index is 5.99. The number of nitrogens with zero attached hydrogens (tertiary/aromatic N) is 1. The third-order valence-corrected chi connectivity index (χ3v) is 4.21. The minimum atomic E-state index is 0.561. The summed E-state index contributed by atoms with van der Waals surface area (Å²) in [5.74, 6) is 0.903. The highest BCUT2D eigenvalue weighted by molar-refractivity contribution is 5.24. The number of hydrogen-bond donors (Lipinski definition) is 0. The van der Waals surface area contributed by atoms with E-state index in [0.29, 0.717) is 6.73 Å². The maximum Gasteiger partial charge on any atom is 0.142 e. The van der Waals surface area contributed by atoms with Gasteiger partial charge in [-0.3, -0.25) is 4.90 Å². The first-order valence-corrected chi connectivity index (χ1v) is 8.70. The van der Waals surface area contributed by atoms with Gasteiger partial charge in [-0.15, -0.1) is 0 Å². The zero-order valence-corrected chi connectivity index (χ0v) is 15.0. The van der Waals surface area contributed by atoms with Gasteiger partial charge in [-0.25, -0.2) is 0 Å². The van der Waals surface area contributed by atoms with Gasteiger partial charge in [0.25, 0.3) is 0 Å². The lowest BCUT2D eigenvalue weighted by molar-refractivity contribution is 0.112. The first-order chi connectivity index (χ1) is 12.2. The van der Waals surface area contributed by atoms with Crippen molar-refractivity contribution in [1.29, 1.82) is 0 Å². The molecule has 0 N–H and O–H groups in total. The fourth-order valence-electron chi connectivity index (χ4n) is 2.73. The highest BCUT2D eigenvalue weighted by Crippen LogP contribution is 2.14. The summed E-state index contributed by atoms with van der Waals surface area (Å²) in [6, 6.07) is 27.4. The van der Waals surface area contributed by atoms with E-state index in [1.165, 1.54) is 22.3 Å². The lowest BCUT2D eigenvalue weighted by atomic mass is 10.1. The number of para-hydroxylation sites is 1. The predicted molar refractivity (Wildman–Crippen MR) is 104 cm³/mol. The van der Waals surface area contributed by atoms with Crippen molar-refractivity contribution >= 4 is 0 Å². The Hall–Kier alpha value is -2.58. The van der Waals surface area contributed by atoms with Gasteiger partial charge in [-0.1, -0.05) is 77.9 Å². The SMILES string of the molecule is Cc1ccc(CN(COc2ccccc2)Cc2ccc(C)cc2)cc1. The van der Waals surface area contributed by atoms with Crippen LogP contribution in [0.2, 0.25) is 0 Å². The van der Waals surface area contributed by atoms with Crippen LogP contribution in [0.1, 0.15) is 22.3 Å². The van der Waals surface area contributed by atoms with Crippen LogP contribution >= 0.6 is 0 Å². The zero-order chi connectivity index (χ0) is 17.5. The summed E-state index contributed by atoms with van der Waals surface area (Å²) < 4.78 is 5.99. The van der Waals surface area contributed by atoms with E-state index < -0.39 is 0 Å². The van der Waals surface area contributed by atoms with Gasteiger partial charge < -0.3 is 4.74 Å². The Morgan fingerprint density at radius 1 is 0.640 bits per heavy atom. The maximum atomic E-state index is 5.99. The van der Waals surface area contributed by atoms with Crippen LogP contribution in [0.4, 0.5) is 0 Å². The lowest BCUT2D eigenvalue weighted by Crippen LogP contribution is -2.27. The molecule has 0 aromatic heterocycles. The second-order valence-corrected chi connectivity index (χ2v) is 6.54. The minimum absolute atomic E-state index is 0.561. The van der Waals surface area contributed by atoms with Gasteiger partial charge in [0.15, 0.2) is 0 Å². The van der Waals surface area contributed by atoms with Crippen molar-refractivity contribution in [2.45, 2.75) is 26.9 Å². The van der Waals surface area contributed by atoms with Crippen LogP contribution in [0.25, 0.3) is 0 Å². The summed E-state index contributed by atoms with van der Waals surface area (Å²) >= 11 is 0. The molecule has 0 aliphatic heterocycles. The van der Waals surface area contributed by atoms with Crippen molar-refractivity contribution in [3.05, 3.63) is 101 Å². The molecule has 3 aromatic carbocycles. The topological polar surface area (TPSA) is 12.5 Å². The van der Waals surface area contributed by atoms with Crippen LogP contribution in [0.5, 0.6) is 5.75 Å². The highest BCUT2D eigenvalue weighted by Gasteiger charge is 2.08. The van der Waals surface area contributed by atoms with Gasteiger partial charge in [0.1, 0.15) is 12.5 Å². The lowest BCUT2D eigenvalue weighted by Gasteiger charge is -2.23. The van der Waals surface area contributed by atoms with E-state index in [-0.39, 0.29) is 0 Å². The number of rotatable bonds is 7. The van der Waals surface area contributed by atoms with E-state index in [4.69, 9.17) is 4.74 Å². The van der Waals surface area contributed by atoms with E-state index >= 15 is 0 Å². The van der Waals surface area contributed by atoms with Crippen LogP contribution in [0.15, 0.2) is 78.9 Å². The molecule has 3 rings (SSSR count). The van der Waals surface area contributed by atoms with Gasteiger partial charge in [-0.05, 0) is 37.1 Å². The average molecular weight is 331 g/mol. The summed E-state index contributed by atoms with van der Waals surface area (Å²) in [6.07, 6.45) is 0. The van der Waals surface area contributed by atoms with Gasteiger partial charge >= 0.3 is 0 Å². The number of benzene rings is 3. The molecule has 128 valence electrons. The standard InChI is InChI=1S/C23H25NO/c1-19-8-12-21(13-9-19)16-24(17-22-14-10-20(2)11-15-22)18-25-23-6-4-3-5-7-23/h3-15H,16-18H2,1-2H3. The van der Waals surface area contributed by atoms with Crippen molar-refractivity contribution in [3.8, 4) is 5.75 Å². The van der Waals surface area contributed by atoms with Crippen molar-refractivity contribution in [1.82, 2.24) is 4.90 Å². The summed E-state index contributed by atoms with van der Waals surface area (Å²) in [7, 11) is 0. The molecule has 0 spiro atoms. The number of ether oxygens (including phenoxy) is 1. The number of aryl methyl sites for hydroxylation is 2. The molecule has 0 aliphatic rings. The molecule has 0 unspecified atom stereocenters. The highest BCUT2D eigenvalue weighted by atomic mass is 16.5. The van der Waals surface area contributed by atoms with E-state index in [1.54, 1.807) is 0 Å². The molecule has 0 saturated carbocycles. The number of hydrogen-bond acceptors (Lipinski definition) is 2. The van der Waals surface area contributed by atoms with Gasteiger partial charge in [0.2, 0.25) is 0 Å². The van der Waals surface area contributed by atoms with Crippen LogP contribution in [-0.2, 0) is 13.1 Å². The molecule has 0 radical (unpaired) electrons. The molecular formula is C23H25NO. The third-order valence-electron chi connectivity index (χ3n) is 4.21. The summed E-state index contributed by atoms with van der Waals surface area (Å²) in [6.45, 7) is 6.52. The Labute approximate surface area is 150 Å². The van der Waals surface area contributed by atoms with E-state index in [2.05, 4.69) is 67.3 Å². The van der Waals surface area contributed by atoms with E-state index in [9.17, 15) is 0 Å². The summed E-state index contributed by atoms with van der Waals surface area (Å²) in [4.78, 5) is 2.32. The van der Waals surface area contributed by atoms with Crippen LogP contribution < -0.4 is 4.74 Å². The average Bonchev–Trinajstić information content (AvgIpc) is 2.64. The quantitative estimate of drug-likeness (QED) is 0.542. The van der Waals surface area contributed by atoms with E-state index in [1.807, 2.05) is 30.3 Å². The molecule has 0 amide bonds. The molecule has 25 heavy (non-hydrogen) atoms. The molecule has 0 heterocycles. The second kappa shape index (κ2) is 8.50. The Balaban J connectivity index is 1.70. The second-order valence-electron chi connectivity index (χ2n) is 6.54. The zero-order valence-electron chi connectivity index (χ0n) is 15.0. The Morgan fingerprint density at radius 2 is 1.12 bits per heavy atom. The van der Waals surface area contributed by atoms with Gasteiger partial charge in [0.05, 0.1) is 0 Å². The molecule has 3 aromatic rings. The largest absolute Gasteiger partial charge is 0.478 e. The van der Waals surface area contributed by atoms with Crippen molar-refractivity contribution < 1.29 is 4.74 Å².